The highest BCUT2D eigenvalue weighted by Crippen LogP contribution is 2.40. The van der Waals surface area contributed by atoms with Crippen LogP contribution in [0.1, 0.15) is 82.8 Å². The van der Waals surface area contributed by atoms with Gasteiger partial charge in [0.25, 0.3) is 0 Å². The fourth-order valence-electron chi connectivity index (χ4n) is 5.66. The van der Waals surface area contributed by atoms with Crippen LogP contribution in [-0.2, 0) is 4.79 Å². The SMILES string of the molecule is CCCCCCCC(=O)C[C@H](CN1C[C@@H]2CC[C@H]1C2)[C@H](O)c1ccc2c(c1)OCCO2. The lowest BCUT2D eigenvalue weighted by atomic mass is 9.88. The fourth-order valence-corrected chi connectivity index (χ4v) is 5.66. The van der Waals surface area contributed by atoms with Gasteiger partial charge in [0, 0.05) is 37.9 Å². The summed E-state index contributed by atoms with van der Waals surface area (Å²) in [7, 11) is 0. The minimum atomic E-state index is -0.668. The van der Waals surface area contributed by atoms with E-state index in [0.717, 1.165) is 43.2 Å². The van der Waals surface area contributed by atoms with E-state index >= 15 is 0 Å². The molecule has 2 bridgehead atoms. The second-order valence-corrected chi connectivity index (χ2v) is 9.80. The van der Waals surface area contributed by atoms with Gasteiger partial charge in [-0.2, -0.15) is 0 Å². The predicted molar refractivity (Wildman–Crippen MR) is 122 cm³/mol. The van der Waals surface area contributed by atoms with Crippen LogP contribution >= 0.6 is 0 Å². The molecule has 1 aromatic rings. The molecule has 0 radical (unpaired) electrons. The van der Waals surface area contributed by atoms with Gasteiger partial charge in [0.2, 0.25) is 0 Å². The molecule has 1 N–H and O–H groups in total. The molecular formula is C26H39NO4. The third-order valence-electron chi connectivity index (χ3n) is 7.39. The summed E-state index contributed by atoms with van der Waals surface area (Å²) in [5.41, 5.74) is 0.828. The molecule has 172 valence electrons. The Morgan fingerprint density at radius 1 is 1.13 bits per heavy atom. The van der Waals surface area contributed by atoms with Crippen molar-refractivity contribution >= 4 is 5.78 Å². The van der Waals surface area contributed by atoms with E-state index in [1.165, 1.54) is 38.5 Å². The maximum absolute atomic E-state index is 12.8. The van der Waals surface area contributed by atoms with Crippen LogP contribution < -0.4 is 9.47 Å². The highest BCUT2D eigenvalue weighted by molar-refractivity contribution is 5.78. The summed E-state index contributed by atoms with van der Waals surface area (Å²) in [6, 6.07) is 6.36. The Balaban J connectivity index is 1.40. The highest BCUT2D eigenvalue weighted by atomic mass is 16.6. The molecule has 5 heteroatoms. The van der Waals surface area contributed by atoms with Gasteiger partial charge in [-0.25, -0.2) is 0 Å². The van der Waals surface area contributed by atoms with Crippen molar-refractivity contribution in [2.45, 2.75) is 83.3 Å². The van der Waals surface area contributed by atoms with Gasteiger partial charge in [-0.15, -0.1) is 0 Å². The van der Waals surface area contributed by atoms with Crippen molar-refractivity contribution in [1.29, 1.82) is 0 Å². The van der Waals surface area contributed by atoms with Gasteiger partial charge >= 0.3 is 0 Å². The first-order valence-corrected chi connectivity index (χ1v) is 12.5. The second kappa shape index (κ2) is 10.8. The molecule has 0 unspecified atom stereocenters. The number of hydrogen-bond acceptors (Lipinski definition) is 5. The van der Waals surface area contributed by atoms with E-state index in [2.05, 4.69) is 11.8 Å². The molecule has 2 heterocycles. The van der Waals surface area contributed by atoms with Crippen LogP contribution in [0.25, 0.3) is 0 Å². The third kappa shape index (κ3) is 5.81. The van der Waals surface area contributed by atoms with Gasteiger partial charge in [0.05, 0.1) is 6.10 Å². The number of rotatable bonds is 12. The molecule has 3 aliphatic rings. The molecule has 4 rings (SSSR count). The number of piperidine rings is 1. The van der Waals surface area contributed by atoms with E-state index in [9.17, 15) is 9.90 Å². The number of benzene rings is 1. The average molecular weight is 430 g/mol. The number of ether oxygens (including phenoxy) is 2. The van der Waals surface area contributed by atoms with Crippen molar-refractivity contribution in [3.05, 3.63) is 23.8 Å². The first kappa shape index (κ1) is 22.6. The molecule has 5 nitrogen and oxygen atoms in total. The summed E-state index contributed by atoms with van der Waals surface area (Å²) >= 11 is 0. The number of nitrogens with zero attached hydrogens (tertiary/aromatic N) is 1. The number of likely N-dealkylation sites (tertiary alicyclic amines) is 1. The monoisotopic (exact) mass is 429 g/mol. The van der Waals surface area contributed by atoms with Gasteiger partial charge in [0.1, 0.15) is 19.0 Å². The predicted octanol–water partition coefficient (Wildman–Crippen LogP) is 4.91. The molecule has 31 heavy (non-hydrogen) atoms. The summed E-state index contributed by atoms with van der Waals surface area (Å²) in [4.78, 5) is 15.4. The minimum Gasteiger partial charge on any atom is -0.486 e. The Morgan fingerprint density at radius 2 is 1.94 bits per heavy atom. The van der Waals surface area contributed by atoms with Crippen LogP contribution in [0, 0.1) is 11.8 Å². The number of hydrogen-bond donors (Lipinski definition) is 1. The lowest BCUT2D eigenvalue weighted by Crippen LogP contribution is -2.38. The first-order chi connectivity index (χ1) is 15.1. The molecule has 2 fully saturated rings. The third-order valence-corrected chi connectivity index (χ3v) is 7.39. The normalized spacial score (nSPS) is 24.3. The maximum atomic E-state index is 12.8. The number of carbonyl (C=O) groups excluding carboxylic acids is 1. The maximum Gasteiger partial charge on any atom is 0.161 e. The van der Waals surface area contributed by atoms with E-state index < -0.39 is 6.10 Å². The van der Waals surface area contributed by atoms with Gasteiger partial charge < -0.3 is 14.6 Å². The van der Waals surface area contributed by atoms with Gasteiger partial charge in [-0.05, 0) is 49.3 Å². The number of aliphatic hydroxyl groups is 1. The number of fused-ring (bicyclic) bond motifs is 3. The summed E-state index contributed by atoms with van der Waals surface area (Å²) < 4.78 is 11.3. The van der Waals surface area contributed by atoms with E-state index in [4.69, 9.17) is 9.47 Å². The largest absolute Gasteiger partial charge is 0.486 e. The molecule has 2 aliphatic heterocycles. The molecule has 0 amide bonds. The summed E-state index contributed by atoms with van der Waals surface area (Å²) in [5.74, 6) is 2.46. The molecule has 0 aromatic heterocycles. The topological polar surface area (TPSA) is 59.0 Å². The number of aliphatic hydroxyl groups excluding tert-OH is 1. The van der Waals surface area contributed by atoms with E-state index in [0.29, 0.717) is 43.6 Å². The smallest absolute Gasteiger partial charge is 0.161 e. The fraction of sp³-hybridized carbons (Fsp3) is 0.731. The van der Waals surface area contributed by atoms with Crippen molar-refractivity contribution in [2.24, 2.45) is 11.8 Å². The second-order valence-electron chi connectivity index (χ2n) is 9.80. The lowest BCUT2D eigenvalue weighted by Gasteiger charge is -2.33. The van der Waals surface area contributed by atoms with Crippen LogP contribution in [0.2, 0.25) is 0 Å². The van der Waals surface area contributed by atoms with Crippen LogP contribution in [0.15, 0.2) is 18.2 Å². The van der Waals surface area contributed by atoms with Crippen molar-refractivity contribution in [1.82, 2.24) is 4.90 Å². The van der Waals surface area contributed by atoms with Gasteiger partial charge in [-0.1, -0.05) is 38.7 Å². The van der Waals surface area contributed by atoms with Crippen LogP contribution in [-0.4, -0.2) is 48.1 Å². The standard InChI is InChI=1S/C26H39NO4/c1-2-3-4-5-6-7-23(28)15-21(18-27-17-19-8-10-22(27)14-19)26(29)20-9-11-24-25(16-20)31-13-12-30-24/h9,11,16,19,21-22,26,29H,2-8,10,12-15,17-18H2,1H3/t19-,21-,22+,26-/m1/s1. The van der Waals surface area contributed by atoms with Crippen LogP contribution in [0.5, 0.6) is 11.5 Å². The Bertz CT molecular complexity index is 736. The molecular weight excluding hydrogens is 390 g/mol. The number of ketones is 1. The molecule has 1 saturated carbocycles. The number of Topliss-reactive ketones (excluding diaryl/α,β-unsaturated/α-hetero) is 1. The molecule has 0 spiro atoms. The number of carbonyl (C=O) groups is 1. The van der Waals surface area contributed by atoms with Crippen molar-refractivity contribution in [3.8, 4) is 11.5 Å². The lowest BCUT2D eigenvalue weighted by molar-refractivity contribution is -0.121. The van der Waals surface area contributed by atoms with Crippen LogP contribution in [0.3, 0.4) is 0 Å². The molecule has 1 saturated heterocycles. The summed E-state index contributed by atoms with van der Waals surface area (Å²) in [5, 5.41) is 11.3. The van der Waals surface area contributed by atoms with E-state index in [-0.39, 0.29) is 5.92 Å². The zero-order valence-corrected chi connectivity index (χ0v) is 19.1. The van der Waals surface area contributed by atoms with Crippen molar-refractivity contribution in [3.63, 3.8) is 0 Å². The Hall–Kier alpha value is -1.59. The highest BCUT2D eigenvalue weighted by Gasteiger charge is 2.39. The van der Waals surface area contributed by atoms with E-state index in [1.807, 2.05) is 18.2 Å². The van der Waals surface area contributed by atoms with E-state index in [1.54, 1.807) is 0 Å². The zero-order valence-electron chi connectivity index (χ0n) is 19.1. The average Bonchev–Trinajstić information content (AvgIpc) is 3.41. The molecule has 1 aromatic carbocycles. The molecule has 1 aliphatic carbocycles. The summed E-state index contributed by atoms with van der Waals surface area (Å²) in [6.45, 7) is 5.23. The molecule has 4 atom stereocenters. The Kier molecular flexibility index (Phi) is 7.89. The zero-order chi connectivity index (χ0) is 21.6. The van der Waals surface area contributed by atoms with Gasteiger partial charge in [0.15, 0.2) is 11.5 Å². The summed E-state index contributed by atoms with van der Waals surface area (Å²) in [6.07, 6.45) is 10.1. The quantitative estimate of drug-likeness (QED) is 0.478. The Labute approximate surface area is 187 Å². The minimum absolute atomic E-state index is 0.0787. The Morgan fingerprint density at radius 3 is 2.68 bits per heavy atom. The van der Waals surface area contributed by atoms with Gasteiger partial charge in [-0.3, -0.25) is 9.69 Å². The van der Waals surface area contributed by atoms with Crippen LogP contribution in [0.4, 0.5) is 0 Å². The van der Waals surface area contributed by atoms with Crippen molar-refractivity contribution in [2.75, 3.05) is 26.3 Å². The van der Waals surface area contributed by atoms with Crippen molar-refractivity contribution < 1.29 is 19.4 Å². The first-order valence-electron chi connectivity index (χ1n) is 12.5. The number of unbranched alkanes of at least 4 members (excludes halogenated alkanes) is 4.